The first-order chi connectivity index (χ1) is 17.5. The van der Waals surface area contributed by atoms with E-state index < -0.39 is 0 Å². The molecular formula is C27H29BrFN3O3S. The molecule has 0 N–H and O–H groups in total. The summed E-state index contributed by atoms with van der Waals surface area (Å²) < 4.78 is 19.8. The van der Waals surface area contributed by atoms with Gasteiger partial charge in [-0.15, -0.1) is 11.3 Å². The predicted molar refractivity (Wildman–Crippen MR) is 142 cm³/mol. The molecule has 0 atom stereocenters. The van der Waals surface area contributed by atoms with E-state index in [9.17, 15) is 14.0 Å². The van der Waals surface area contributed by atoms with Gasteiger partial charge in [-0.2, -0.15) is 0 Å². The summed E-state index contributed by atoms with van der Waals surface area (Å²) in [4.78, 5) is 33.7. The van der Waals surface area contributed by atoms with Crippen molar-refractivity contribution in [2.75, 3.05) is 45.9 Å². The van der Waals surface area contributed by atoms with Gasteiger partial charge in [0.25, 0.3) is 5.91 Å². The lowest BCUT2D eigenvalue weighted by molar-refractivity contribution is -0.133. The zero-order valence-corrected chi connectivity index (χ0v) is 22.3. The largest absolute Gasteiger partial charge is 0.379 e. The van der Waals surface area contributed by atoms with Crippen LogP contribution in [0.1, 0.15) is 20.8 Å². The van der Waals surface area contributed by atoms with Crippen molar-refractivity contribution in [2.45, 2.75) is 13.1 Å². The van der Waals surface area contributed by atoms with Gasteiger partial charge >= 0.3 is 0 Å². The number of hydrogen-bond acceptors (Lipinski definition) is 5. The van der Waals surface area contributed by atoms with Crippen molar-refractivity contribution >= 4 is 39.1 Å². The van der Waals surface area contributed by atoms with Crippen LogP contribution < -0.4 is 0 Å². The van der Waals surface area contributed by atoms with Crippen LogP contribution in [0.5, 0.6) is 0 Å². The first-order valence-electron chi connectivity index (χ1n) is 11.9. The van der Waals surface area contributed by atoms with Crippen LogP contribution in [0.15, 0.2) is 70.5 Å². The molecular weight excluding hydrogens is 545 g/mol. The molecule has 2 heterocycles. The van der Waals surface area contributed by atoms with Crippen molar-refractivity contribution < 1.29 is 18.7 Å². The average molecular weight is 575 g/mol. The van der Waals surface area contributed by atoms with Crippen LogP contribution in [0.2, 0.25) is 0 Å². The minimum absolute atomic E-state index is 0.0359. The molecule has 1 aliphatic rings. The van der Waals surface area contributed by atoms with Crippen LogP contribution in [0.25, 0.3) is 0 Å². The topological polar surface area (TPSA) is 53.1 Å². The first kappa shape index (κ1) is 26.5. The lowest BCUT2D eigenvalue weighted by atomic mass is 10.2. The van der Waals surface area contributed by atoms with Gasteiger partial charge in [0.15, 0.2) is 0 Å². The summed E-state index contributed by atoms with van der Waals surface area (Å²) in [5.74, 6) is -0.647. The second kappa shape index (κ2) is 13.1. The second-order valence-corrected chi connectivity index (χ2v) is 10.6. The van der Waals surface area contributed by atoms with E-state index in [1.165, 1.54) is 12.1 Å². The number of nitrogens with zero attached hydrogens (tertiary/aromatic N) is 3. The monoisotopic (exact) mass is 573 g/mol. The Kier molecular flexibility index (Phi) is 9.63. The van der Waals surface area contributed by atoms with Gasteiger partial charge in [-0.25, -0.2) is 4.39 Å². The van der Waals surface area contributed by atoms with Crippen molar-refractivity contribution in [1.82, 2.24) is 14.7 Å². The van der Waals surface area contributed by atoms with Gasteiger partial charge in [-0.05, 0) is 53.4 Å². The molecule has 3 aromatic rings. The molecule has 9 heteroatoms. The molecule has 2 aromatic carbocycles. The number of morpholine rings is 1. The van der Waals surface area contributed by atoms with E-state index in [2.05, 4.69) is 20.8 Å². The maximum absolute atomic E-state index is 13.6. The molecule has 190 valence electrons. The zero-order chi connectivity index (χ0) is 25.3. The lowest BCUT2D eigenvalue weighted by Gasteiger charge is -2.31. The summed E-state index contributed by atoms with van der Waals surface area (Å²) in [7, 11) is 0. The molecule has 0 bridgehead atoms. The highest BCUT2D eigenvalue weighted by atomic mass is 79.9. The Balaban J connectivity index is 1.51. The molecule has 1 aromatic heterocycles. The van der Waals surface area contributed by atoms with Gasteiger partial charge in [0, 0.05) is 47.6 Å². The highest BCUT2D eigenvalue weighted by Crippen LogP contribution is 2.17. The number of rotatable bonds is 10. The fourth-order valence-corrected chi connectivity index (χ4v) is 4.99. The Morgan fingerprint density at radius 1 is 0.972 bits per heavy atom. The van der Waals surface area contributed by atoms with Gasteiger partial charge in [0.2, 0.25) is 5.91 Å². The van der Waals surface area contributed by atoms with Crippen LogP contribution in [0, 0.1) is 5.82 Å². The van der Waals surface area contributed by atoms with Crippen LogP contribution in [-0.2, 0) is 22.6 Å². The summed E-state index contributed by atoms with van der Waals surface area (Å²) in [6.45, 7) is 4.79. The van der Waals surface area contributed by atoms with Crippen molar-refractivity contribution in [3.63, 3.8) is 0 Å². The molecule has 36 heavy (non-hydrogen) atoms. The maximum atomic E-state index is 13.6. The summed E-state index contributed by atoms with van der Waals surface area (Å²) in [6, 6.07) is 17.3. The lowest BCUT2D eigenvalue weighted by Crippen LogP contribution is -2.47. The number of hydrogen-bond donors (Lipinski definition) is 0. The molecule has 0 saturated carbocycles. The molecule has 2 amide bonds. The molecule has 6 nitrogen and oxygen atoms in total. The second-order valence-electron chi connectivity index (χ2n) is 8.64. The Hall–Kier alpha value is -2.59. The van der Waals surface area contributed by atoms with E-state index in [0.29, 0.717) is 45.0 Å². The summed E-state index contributed by atoms with van der Waals surface area (Å²) in [5, 5.41) is 1.97. The maximum Gasteiger partial charge on any atom is 0.254 e. The number of benzene rings is 2. The highest BCUT2D eigenvalue weighted by Gasteiger charge is 2.24. The molecule has 4 rings (SSSR count). The standard InChI is InChI=1S/C27H29BrFN3O3S/c28-23-7-5-22(6-8-23)27(34)31(12-11-30-13-15-35-16-14-30)20-26(33)32(19-25-2-1-17-36-25)18-21-3-9-24(29)10-4-21/h1-10,17H,11-16,18-20H2. The molecule has 0 aliphatic carbocycles. The van der Waals surface area contributed by atoms with Gasteiger partial charge in [0.05, 0.1) is 19.8 Å². The molecule has 0 unspecified atom stereocenters. The van der Waals surface area contributed by atoms with Gasteiger partial charge in [-0.1, -0.05) is 34.1 Å². The van der Waals surface area contributed by atoms with Crippen molar-refractivity contribution in [1.29, 1.82) is 0 Å². The fourth-order valence-electron chi connectivity index (χ4n) is 4.01. The number of carbonyl (C=O) groups excluding carboxylic acids is 2. The third-order valence-corrected chi connectivity index (χ3v) is 7.45. The van der Waals surface area contributed by atoms with Gasteiger partial charge in [0.1, 0.15) is 12.4 Å². The minimum Gasteiger partial charge on any atom is -0.379 e. The molecule has 0 radical (unpaired) electrons. The van der Waals surface area contributed by atoms with E-state index in [1.807, 2.05) is 29.6 Å². The Morgan fingerprint density at radius 3 is 2.36 bits per heavy atom. The van der Waals surface area contributed by atoms with Crippen LogP contribution in [0.4, 0.5) is 4.39 Å². The molecule has 1 fully saturated rings. The third kappa shape index (κ3) is 7.70. The number of halogens is 2. The molecule has 1 aliphatic heterocycles. The summed E-state index contributed by atoms with van der Waals surface area (Å²) >= 11 is 4.99. The number of thiophene rings is 1. The SMILES string of the molecule is O=C(CN(CCN1CCOCC1)C(=O)c1ccc(Br)cc1)N(Cc1ccc(F)cc1)Cc1cccs1. The molecule has 1 saturated heterocycles. The van der Waals surface area contributed by atoms with Crippen LogP contribution >= 0.6 is 27.3 Å². The van der Waals surface area contributed by atoms with Crippen LogP contribution in [0.3, 0.4) is 0 Å². The smallest absolute Gasteiger partial charge is 0.254 e. The zero-order valence-electron chi connectivity index (χ0n) is 19.9. The van der Waals surface area contributed by atoms with Crippen molar-refractivity contribution in [3.8, 4) is 0 Å². The summed E-state index contributed by atoms with van der Waals surface area (Å²) in [6.07, 6.45) is 0. The fraction of sp³-hybridized carbons (Fsp3) is 0.333. The van der Waals surface area contributed by atoms with E-state index in [0.717, 1.165) is 28.0 Å². The van der Waals surface area contributed by atoms with Gasteiger partial charge in [-0.3, -0.25) is 14.5 Å². The Bertz CT molecular complexity index is 1120. The van der Waals surface area contributed by atoms with E-state index in [-0.39, 0.29) is 24.2 Å². The third-order valence-electron chi connectivity index (χ3n) is 6.06. The van der Waals surface area contributed by atoms with E-state index in [1.54, 1.807) is 45.4 Å². The van der Waals surface area contributed by atoms with E-state index >= 15 is 0 Å². The Labute approximate surface area is 223 Å². The predicted octanol–water partition coefficient (Wildman–Crippen LogP) is 4.65. The number of carbonyl (C=O) groups is 2. The van der Waals surface area contributed by atoms with Crippen molar-refractivity contribution in [3.05, 3.63) is 92.3 Å². The average Bonchev–Trinajstić information content (AvgIpc) is 3.41. The quantitative estimate of drug-likeness (QED) is 0.354. The molecule has 0 spiro atoms. The van der Waals surface area contributed by atoms with Crippen molar-refractivity contribution in [2.24, 2.45) is 0 Å². The van der Waals surface area contributed by atoms with Gasteiger partial charge < -0.3 is 14.5 Å². The first-order valence-corrected chi connectivity index (χ1v) is 13.5. The highest BCUT2D eigenvalue weighted by molar-refractivity contribution is 9.10. The van der Waals surface area contributed by atoms with E-state index in [4.69, 9.17) is 4.74 Å². The minimum atomic E-state index is -0.315. The summed E-state index contributed by atoms with van der Waals surface area (Å²) in [5.41, 5.74) is 1.37. The number of ether oxygens (including phenoxy) is 1. The van der Waals surface area contributed by atoms with Crippen LogP contribution in [-0.4, -0.2) is 72.5 Å². The number of amides is 2. The normalized spacial score (nSPS) is 13.9. The Morgan fingerprint density at radius 2 is 1.69 bits per heavy atom.